The van der Waals surface area contributed by atoms with Crippen molar-refractivity contribution >= 4 is 33.6 Å². The predicted molar refractivity (Wildman–Crippen MR) is 117 cm³/mol. The quantitative estimate of drug-likeness (QED) is 0.566. The number of amides is 1. The topological polar surface area (TPSA) is 59.0 Å². The Morgan fingerprint density at radius 1 is 1.37 bits per heavy atom. The summed E-state index contributed by atoms with van der Waals surface area (Å²) < 4.78 is 26.4. The molecule has 0 aliphatic carbocycles. The number of hydrogen-bond donors (Lipinski definition) is 1. The van der Waals surface area contributed by atoms with Crippen LogP contribution in [0.4, 0.5) is 9.18 Å². The highest BCUT2D eigenvalue weighted by Gasteiger charge is 2.52. The highest BCUT2D eigenvalue weighted by Crippen LogP contribution is 2.54. The Bertz CT molecular complexity index is 950. The number of carbonyl (C=O) groups is 1. The van der Waals surface area contributed by atoms with Gasteiger partial charge in [-0.25, -0.2) is 9.18 Å². The van der Waals surface area contributed by atoms with E-state index in [1.807, 2.05) is 30.3 Å². The molecule has 8 heteroatoms. The van der Waals surface area contributed by atoms with Gasteiger partial charge in [0.1, 0.15) is 17.2 Å². The number of benzene rings is 2. The largest absolute Gasteiger partial charge is 0.480 e. The molecular weight excluding hydrogens is 477 g/mol. The van der Waals surface area contributed by atoms with Crippen LogP contribution in [0.1, 0.15) is 37.8 Å². The van der Waals surface area contributed by atoms with Crippen LogP contribution in [0, 0.1) is 5.82 Å². The van der Waals surface area contributed by atoms with Crippen molar-refractivity contribution < 1.29 is 23.8 Å². The molecule has 0 radical (unpaired) electrons. The number of aliphatic hydroxyl groups excluding tert-OH is 1. The van der Waals surface area contributed by atoms with E-state index in [2.05, 4.69) is 15.9 Å². The first-order valence-corrected chi connectivity index (χ1v) is 10.6. The fourth-order valence-corrected chi connectivity index (χ4v) is 4.52. The minimum atomic E-state index is -1.16. The summed E-state index contributed by atoms with van der Waals surface area (Å²) in [5.74, 6) is -0.972. The molecule has 1 unspecified atom stereocenters. The number of ether oxygens (including phenoxy) is 2. The first-order chi connectivity index (χ1) is 14.0. The molecule has 1 heterocycles. The molecule has 1 aliphatic rings. The molecule has 0 bridgehead atoms. The van der Waals surface area contributed by atoms with E-state index in [-0.39, 0.29) is 23.9 Å². The molecule has 30 heavy (non-hydrogen) atoms. The van der Waals surface area contributed by atoms with E-state index in [0.717, 1.165) is 5.56 Å². The molecule has 1 aliphatic heterocycles. The van der Waals surface area contributed by atoms with E-state index in [9.17, 15) is 14.3 Å². The van der Waals surface area contributed by atoms with Crippen LogP contribution in [-0.2, 0) is 10.3 Å². The van der Waals surface area contributed by atoms with Gasteiger partial charge in [-0.2, -0.15) is 0 Å². The van der Waals surface area contributed by atoms with E-state index in [1.54, 1.807) is 27.8 Å². The third-order valence-electron chi connectivity index (χ3n) is 4.99. The molecular formula is C22H24BrClFNO4. The van der Waals surface area contributed by atoms with Gasteiger partial charge in [0.15, 0.2) is 5.60 Å². The number of carbonyl (C=O) groups excluding carboxylic acids is 1. The second-order valence-electron chi connectivity index (χ2n) is 8.33. The summed E-state index contributed by atoms with van der Waals surface area (Å²) in [5.41, 5.74) is -0.533. The minimum absolute atomic E-state index is 0.0670. The van der Waals surface area contributed by atoms with E-state index < -0.39 is 29.0 Å². The standard InChI is InChI=1S/C22H24BrClFNO4/c1-21(2,3)30-20(28)26(4)12-22(13-8-6-5-7-9-13)14(11-27)17-16(29-22)10-15(25)19(24)18(17)23/h5-10,14,27H,11-12H2,1-4H3/t14-,22?/m0/s1. The molecule has 0 aromatic heterocycles. The normalized spacial score (nSPS) is 20.5. The van der Waals surface area contributed by atoms with Crippen molar-refractivity contribution in [2.75, 3.05) is 20.2 Å². The maximum Gasteiger partial charge on any atom is 0.410 e. The lowest BCUT2D eigenvalue weighted by Crippen LogP contribution is -2.49. The molecule has 2 aromatic carbocycles. The molecule has 0 saturated heterocycles. The Hall–Kier alpha value is -1.83. The molecule has 162 valence electrons. The van der Waals surface area contributed by atoms with Gasteiger partial charge in [-0.1, -0.05) is 41.9 Å². The fraction of sp³-hybridized carbons (Fsp3) is 0.409. The van der Waals surface area contributed by atoms with Crippen molar-refractivity contribution in [2.45, 2.75) is 37.9 Å². The van der Waals surface area contributed by atoms with Gasteiger partial charge in [-0.05, 0) is 42.3 Å². The van der Waals surface area contributed by atoms with Crippen molar-refractivity contribution in [3.63, 3.8) is 0 Å². The first-order valence-electron chi connectivity index (χ1n) is 9.47. The van der Waals surface area contributed by atoms with Crippen molar-refractivity contribution in [1.29, 1.82) is 0 Å². The third-order valence-corrected chi connectivity index (χ3v) is 6.41. The first kappa shape index (κ1) is 22.8. The highest BCUT2D eigenvalue weighted by molar-refractivity contribution is 9.10. The van der Waals surface area contributed by atoms with Gasteiger partial charge >= 0.3 is 6.09 Å². The molecule has 5 nitrogen and oxygen atoms in total. The van der Waals surface area contributed by atoms with Crippen LogP contribution in [0.15, 0.2) is 40.9 Å². The Kier molecular flexibility index (Phi) is 6.37. The minimum Gasteiger partial charge on any atom is -0.480 e. The molecule has 1 amide bonds. The summed E-state index contributed by atoms with van der Waals surface area (Å²) in [7, 11) is 1.60. The van der Waals surface area contributed by atoms with Crippen LogP contribution in [0.25, 0.3) is 0 Å². The molecule has 0 saturated carbocycles. The average molecular weight is 501 g/mol. The Morgan fingerprint density at radius 2 is 2.00 bits per heavy atom. The number of nitrogens with zero attached hydrogens (tertiary/aromatic N) is 1. The number of rotatable bonds is 4. The van der Waals surface area contributed by atoms with E-state index in [0.29, 0.717) is 10.0 Å². The maximum absolute atomic E-state index is 14.3. The number of fused-ring (bicyclic) bond motifs is 1. The van der Waals surface area contributed by atoms with Crippen LogP contribution in [0.3, 0.4) is 0 Å². The molecule has 3 rings (SSSR count). The smallest absolute Gasteiger partial charge is 0.410 e. The summed E-state index contributed by atoms with van der Waals surface area (Å²) in [6.45, 7) is 5.12. The number of halogens is 3. The second kappa shape index (κ2) is 8.36. The van der Waals surface area contributed by atoms with Gasteiger partial charge < -0.3 is 19.5 Å². The molecule has 1 N–H and O–H groups in total. The van der Waals surface area contributed by atoms with E-state index in [4.69, 9.17) is 21.1 Å². The monoisotopic (exact) mass is 499 g/mol. The van der Waals surface area contributed by atoms with Gasteiger partial charge in [0.05, 0.1) is 24.1 Å². The van der Waals surface area contributed by atoms with Crippen LogP contribution >= 0.6 is 27.5 Å². The second-order valence-corrected chi connectivity index (χ2v) is 9.50. The fourth-order valence-electron chi connectivity index (χ4n) is 3.71. The summed E-state index contributed by atoms with van der Waals surface area (Å²) in [4.78, 5) is 14.1. The SMILES string of the molecule is CN(CC1(c2ccccc2)Oc2cc(F)c(Cl)c(Br)c2[C@@H]1CO)C(=O)OC(C)(C)C. The highest BCUT2D eigenvalue weighted by atomic mass is 79.9. The van der Waals surface area contributed by atoms with Crippen molar-refractivity contribution in [1.82, 2.24) is 4.90 Å². The van der Waals surface area contributed by atoms with E-state index in [1.165, 1.54) is 11.0 Å². The van der Waals surface area contributed by atoms with Crippen LogP contribution in [-0.4, -0.2) is 41.9 Å². The molecule has 2 atom stereocenters. The average Bonchev–Trinajstić information content (AvgIpc) is 2.99. The molecule has 2 aromatic rings. The van der Waals surface area contributed by atoms with Gasteiger partial charge in [0.2, 0.25) is 0 Å². The zero-order chi connectivity index (χ0) is 22.3. The molecule has 0 fully saturated rings. The van der Waals surface area contributed by atoms with Gasteiger partial charge in [0.25, 0.3) is 0 Å². The summed E-state index contributed by atoms with van der Waals surface area (Å²) >= 11 is 9.46. The lowest BCUT2D eigenvalue weighted by Gasteiger charge is -2.38. The van der Waals surface area contributed by atoms with Gasteiger partial charge in [0, 0.05) is 23.2 Å². The number of hydrogen-bond acceptors (Lipinski definition) is 4. The predicted octanol–water partition coefficient (Wildman–Crippen LogP) is 5.47. The zero-order valence-corrected chi connectivity index (χ0v) is 19.6. The Balaban J connectivity index is 2.10. The van der Waals surface area contributed by atoms with Gasteiger partial charge in [-0.3, -0.25) is 0 Å². The summed E-state index contributed by atoms with van der Waals surface area (Å²) in [5, 5.41) is 10.3. The van der Waals surface area contributed by atoms with E-state index >= 15 is 0 Å². The van der Waals surface area contributed by atoms with Crippen molar-refractivity contribution in [3.05, 3.63) is 62.8 Å². The Labute approximate surface area is 188 Å². The van der Waals surface area contributed by atoms with Crippen molar-refractivity contribution in [2.24, 2.45) is 0 Å². The molecule has 0 spiro atoms. The van der Waals surface area contributed by atoms with Crippen LogP contribution in [0.5, 0.6) is 5.75 Å². The lowest BCUT2D eigenvalue weighted by atomic mass is 9.79. The maximum atomic E-state index is 14.3. The van der Waals surface area contributed by atoms with Crippen LogP contribution in [0.2, 0.25) is 5.02 Å². The Morgan fingerprint density at radius 3 is 2.57 bits per heavy atom. The summed E-state index contributed by atoms with van der Waals surface area (Å²) in [6.07, 6.45) is -0.530. The van der Waals surface area contributed by atoms with Gasteiger partial charge in [-0.15, -0.1) is 0 Å². The number of likely N-dealkylation sites (N-methyl/N-ethyl adjacent to an activating group) is 1. The van der Waals surface area contributed by atoms with Crippen molar-refractivity contribution in [3.8, 4) is 5.75 Å². The number of aliphatic hydroxyl groups is 1. The van der Waals surface area contributed by atoms with Crippen LogP contribution < -0.4 is 4.74 Å². The lowest BCUT2D eigenvalue weighted by molar-refractivity contribution is -0.00977. The third kappa shape index (κ3) is 4.15. The summed E-state index contributed by atoms with van der Waals surface area (Å²) in [6, 6.07) is 10.5. The zero-order valence-electron chi connectivity index (χ0n) is 17.2.